The zero-order chi connectivity index (χ0) is 17.4. The summed E-state index contributed by atoms with van der Waals surface area (Å²) in [7, 11) is 0. The van der Waals surface area contributed by atoms with Gasteiger partial charge in [0.1, 0.15) is 11.3 Å². The molecule has 0 radical (unpaired) electrons. The van der Waals surface area contributed by atoms with E-state index < -0.39 is 0 Å². The van der Waals surface area contributed by atoms with Crippen molar-refractivity contribution >= 4 is 34.5 Å². The van der Waals surface area contributed by atoms with Gasteiger partial charge in [0, 0.05) is 17.9 Å². The highest BCUT2D eigenvalue weighted by Crippen LogP contribution is 2.45. The van der Waals surface area contributed by atoms with Gasteiger partial charge >= 0.3 is 0 Å². The summed E-state index contributed by atoms with van der Waals surface area (Å²) in [5.74, 6) is 0.362. The summed E-state index contributed by atoms with van der Waals surface area (Å²) in [6, 6.07) is 12.0. The first-order valence-corrected chi connectivity index (χ1v) is 9.12. The van der Waals surface area contributed by atoms with Crippen molar-refractivity contribution in [1.29, 1.82) is 0 Å². The van der Waals surface area contributed by atoms with Crippen LogP contribution < -0.4 is 5.32 Å². The summed E-state index contributed by atoms with van der Waals surface area (Å²) >= 11 is 1.64. The average Bonchev–Trinajstić information content (AvgIpc) is 3.21. The van der Waals surface area contributed by atoms with Crippen LogP contribution in [0.25, 0.3) is 11.1 Å². The van der Waals surface area contributed by atoms with Crippen molar-refractivity contribution in [2.45, 2.75) is 30.3 Å². The molecule has 1 amide bonds. The second-order valence-electron chi connectivity index (χ2n) is 6.15. The quantitative estimate of drug-likeness (QED) is 0.729. The summed E-state index contributed by atoms with van der Waals surface area (Å²) < 4.78 is 18.5. The van der Waals surface area contributed by atoms with Gasteiger partial charge < -0.3 is 9.73 Å². The summed E-state index contributed by atoms with van der Waals surface area (Å²) in [4.78, 5) is 16.8. The van der Waals surface area contributed by atoms with E-state index in [4.69, 9.17) is 4.42 Å². The smallest absolute Gasteiger partial charge is 0.237 e. The Hall–Kier alpha value is -2.34. The minimum atomic E-state index is -0.237. The molecule has 2 unspecified atom stereocenters. The van der Waals surface area contributed by atoms with Crippen molar-refractivity contribution in [2.75, 3.05) is 5.32 Å². The number of hydrogen-bond donors (Lipinski definition) is 1. The maximum absolute atomic E-state index is 13.1. The number of carbonyl (C=O) groups excluding carboxylic acids is 1. The predicted octanol–water partition coefficient (Wildman–Crippen LogP) is 4.85. The fourth-order valence-corrected chi connectivity index (χ4v) is 4.53. The molecule has 1 N–H and O–H groups in total. The number of nitrogens with zero attached hydrogens (tertiary/aromatic N) is 1. The number of oxazole rings is 1. The molecule has 2 atom stereocenters. The Bertz CT molecular complexity index is 923. The van der Waals surface area contributed by atoms with Crippen LogP contribution in [0.3, 0.4) is 0 Å². The Morgan fingerprint density at radius 1 is 1.24 bits per heavy atom. The number of halogens is 1. The first-order valence-electron chi connectivity index (χ1n) is 8.17. The molecule has 1 aliphatic heterocycles. The van der Waals surface area contributed by atoms with Gasteiger partial charge in [0.2, 0.25) is 5.91 Å². The van der Waals surface area contributed by atoms with Crippen molar-refractivity contribution < 1.29 is 13.6 Å². The molecule has 3 aromatic rings. The summed E-state index contributed by atoms with van der Waals surface area (Å²) in [5, 5.41) is 3.09. The Morgan fingerprint density at radius 2 is 2.04 bits per heavy atom. The van der Waals surface area contributed by atoms with Crippen LogP contribution in [-0.4, -0.2) is 16.1 Å². The number of hydrogen-bond acceptors (Lipinski definition) is 4. The van der Waals surface area contributed by atoms with Crippen LogP contribution >= 0.6 is 11.8 Å². The monoisotopic (exact) mass is 356 g/mol. The van der Waals surface area contributed by atoms with Gasteiger partial charge in [0.25, 0.3) is 0 Å². The van der Waals surface area contributed by atoms with E-state index in [2.05, 4.69) is 10.3 Å². The molecule has 128 valence electrons. The van der Waals surface area contributed by atoms with E-state index in [1.165, 1.54) is 12.1 Å². The summed E-state index contributed by atoms with van der Waals surface area (Å²) in [5.41, 5.74) is 3.23. The molecule has 0 aliphatic carbocycles. The van der Waals surface area contributed by atoms with Crippen molar-refractivity contribution in [2.24, 2.45) is 0 Å². The second kappa shape index (κ2) is 6.52. The van der Waals surface area contributed by atoms with Crippen LogP contribution in [0.5, 0.6) is 0 Å². The number of aryl methyl sites for hydroxylation is 1. The first-order chi connectivity index (χ1) is 12.1. The van der Waals surface area contributed by atoms with Crippen LogP contribution in [0.15, 0.2) is 46.9 Å². The van der Waals surface area contributed by atoms with Gasteiger partial charge in [-0.3, -0.25) is 4.79 Å². The van der Waals surface area contributed by atoms with E-state index >= 15 is 0 Å². The molecule has 1 aromatic heterocycles. The number of benzene rings is 2. The Morgan fingerprint density at radius 3 is 2.84 bits per heavy atom. The molecule has 0 saturated carbocycles. The zero-order valence-corrected chi connectivity index (χ0v) is 14.5. The van der Waals surface area contributed by atoms with Gasteiger partial charge in [-0.15, -0.1) is 11.8 Å². The zero-order valence-electron chi connectivity index (χ0n) is 13.7. The number of carbonyl (C=O) groups is 1. The third-order valence-electron chi connectivity index (χ3n) is 4.32. The number of nitrogens with one attached hydrogen (secondary N) is 1. The highest BCUT2D eigenvalue weighted by atomic mass is 32.2. The molecule has 1 fully saturated rings. The minimum absolute atomic E-state index is 0.00539. The van der Waals surface area contributed by atoms with Crippen LogP contribution in [0.4, 0.5) is 10.1 Å². The third-order valence-corrected chi connectivity index (χ3v) is 5.93. The molecule has 2 heterocycles. The lowest BCUT2D eigenvalue weighted by Crippen LogP contribution is -2.22. The van der Waals surface area contributed by atoms with Crippen molar-refractivity contribution in [1.82, 2.24) is 4.98 Å². The average molecular weight is 356 g/mol. The number of thioether (sulfide) groups is 1. The van der Waals surface area contributed by atoms with Crippen molar-refractivity contribution in [3.63, 3.8) is 0 Å². The molecule has 0 spiro atoms. The minimum Gasteiger partial charge on any atom is -0.441 e. The van der Waals surface area contributed by atoms with Crippen molar-refractivity contribution in [3.05, 3.63) is 59.7 Å². The summed E-state index contributed by atoms with van der Waals surface area (Å²) in [6.07, 6.45) is 1.72. The predicted molar refractivity (Wildman–Crippen MR) is 97.1 cm³/mol. The second-order valence-corrected chi connectivity index (χ2v) is 7.56. The van der Waals surface area contributed by atoms with Gasteiger partial charge in [-0.05, 0) is 48.7 Å². The third kappa shape index (κ3) is 3.39. The van der Waals surface area contributed by atoms with E-state index in [0.29, 0.717) is 11.5 Å². The molecule has 0 bridgehead atoms. The van der Waals surface area contributed by atoms with Gasteiger partial charge in [-0.25, -0.2) is 9.37 Å². The maximum Gasteiger partial charge on any atom is 0.237 e. The number of amides is 1. The van der Waals surface area contributed by atoms with Gasteiger partial charge in [-0.1, -0.05) is 12.1 Å². The molecule has 6 heteroatoms. The molecule has 1 aliphatic rings. The Labute approximate surface area is 148 Å². The van der Waals surface area contributed by atoms with Gasteiger partial charge in [0.15, 0.2) is 11.5 Å². The highest BCUT2D eigenvalue weighted by molar-refractivity contribution is 8.01. The van der Waals surface area contributed by atoms with Crippen LogP contribution in [-0.2, 0) is 4.79 Å². The highest BCUT2D eigenvalue weighted by Gasteiger charge is 2.31. The van der Waals surface area contributed by atoms with E-state index in [9.17, 15) is 9.18 Å². The van der Waals surface area contributed by atoms with Gasteiger partial charge in [-0.2, -0.15) is 0 Å². The molecular weight excluding hydrogens is 339 g/mol. The Kier molecular flexibility index (Phi) is 4.21. The standard InChI is InChI=1S/C19H17FN2O2S/c1-11-21-15-10-14(6-7-16(15)24-11)22-19(23)18-9-8-17(25-18)12-2-4-13(20)5-3-12/h2-7,10,17-18H,8-9H2,1H3,(H,22,23). The number of fused-ring (bicyclic) bond motifs is 1. The topological polar surface area (TPSA) is 55.1 Å². The van der Waals surface area contributed by atoms with E-state index in [-0.39, 0.29) is 22.2 Å². The normalized spacial score (nSPS) is 20.1. The summed E-state index contributed by atoms with van der Waals surface area (Å²) in [6.45, 7) is 1.79. The largest absolute Gasteiger partial charge is 0.441 e. The first kappa shape index (κ1) is 16.1. The Balaban J connectivity index is 1.43. The van der Waals surface area contributed by atoms with Crippen LogP contribution in [0, 0.1) is 12.7 Å². The van der Waals surface area contributed by atoms with Crippen LogP contribution in [0.2, 0.25) is 0 Å². The lowest BCUT2D eigenvalue weighted by Gasteiger charge is -2.12. The number of aromatic nitrogens is 1. The molecule has 25 heavy (non-hydrogen) atoms. The van der Waals surface area contributed by atoms with Crippen molar-refractivity contribution in [3.8, 4) is 0 Å². The number of rotatable bonds is 3. The lowest BCUT2D eigenvalue weighted by atomic mass is 10.1. The molecular formula is C19H17FN2O2S. The molecule has 4 nitrogen and oxygen atoms in total. The fourth-order valence-electron chi connectivity index (χ4n) is 3.10. The molecule has 1 saturated heterocycles. The lowest BCUT2D eigenvalue weighted by molar-refractivity contribution is -0.115. The number of anilines is 1. The van der Waals surface area contributed by atoms with Crippen LogP contribution in [0.1, 0.15) is 29.5 Å². The molecule has 4 rings (SSSR count). The molecule has 2 aromatic carbocycles. The maximum atomic E-state index is 13.1. The fraction of sp³-hybridized carbons (Fsp3) is 0.263. The van der Waals surface area contributed by atoms with E-state index in [0.717, 1.165) is 29.6 Å². The van der Waals surface area contributed by atoms with E-state index in [1.54, 1.807) is 30.8 Å². The van der Waals surface area contributed by atoms with Gasteiger partial charge in [0.05, 0.1) is 5.25 Å². The SMILES string of the molecule is Cc1nc2cc(NC(=O)C3CCC(c4ccc(F)cc4)S3)ccc2o1. The van der Waals surface area contributed by atoms with E-state index in [1.807, 2.05) is 18.2 Å².